The summed E-state index contributed by atoms with van der Waals surface area (Å²) in [5, 5.41) is 31.1. The third-order valence-corrected chi connectivity index (χ3v) is 7.11. The van der Waals surface area contributed by atoms with Crippen molar-refractivity contribution < 1.29 is 13.5 Å². The molecule has 1 saturated carbocycles. The molecular formula is C26H28N8O3S. The molecule has 0 unspecified atom stereocenters. The van der Waals surface area contributed by atoms with Gasteiger partial charge in [0.2, 0.25) is 10.0 Å². The van der Waals surface area contributed by atoms with Gasteiger partial charge in [-0.15, -0.1) is 5.10 Å². The predicted octanol–water partition coefficient (Wildman–Crippen LogP) is 3.17. The molecule has 1 aliphatic rings. The Labute approximate surface area is 220 Å². The number of nitrogens with one attached hydrogen (secondary N) is 3. The molecule has 11 nitrogen and oxygen atoms in total. The van der Waals surface area contributed by atoms with Crippen molar-refractivity contribution in [1.82, 2.24) is 24.3 Å². The van der Waals surface area contributed by atoms with E-state index in [1.54, 1.807) is 0 Å². The summed E-state index contributed by atoms with van der Waals surface area (Å²) in [6, 6.07) is 16.9. The Morgan fingerprint density at radius 2 is 1.92 bits per heavy atom. The van der Waals surface area contributed by atoms with E-state index in [0.29, 0.717) is 28.7 Å². The summed E-state index contributed by atoms with van der Waals surface area (Å²) in [7, 11) is -3.27. The van der Waals surface area contributed by atoms with Gasteiger partial charge in [0.25, 0.3) is 0 Å². The topological polar surface area (TPSA) is 157 Å². The Kier molecular flexibility index (Phi) is 7.24. The van der Waals surface area contributed by atoms with Crippen LogP contribution < -0.4 is 15.4 Å². The number of sulfonamides is 1. The first kappa shape index (κ1) is 25.6. The number of anilines is 3. The molecule has 1 aromatic carbocycles. The van der Waals surface area contributed by atoms with Crippen LogP contribution in [0.25, 0.3) is 16.9 Å². The van der Waals surface area contributed by atoms with Crippen molar-refractivity contribution in [3.05, 3.63) is 66.0 Å². The highest BCUT2D eigenvalue weighted by Gasteiger charge is 2.24. The molecule has 2 atom stereocenters. The summed E-state index contributed by atoms with van der Waals surface area (Å²) in [5.74, 6) is 1.10. The number of benzene rings is 1. The van der Waals surface area contributed by atoms with Gasteiger partial charge in [0.1, 0.15) is 17.7 Å². The molecule has 0 bridgehead atoms. The summed E-state index contributed by atoms with van der Waals surface area (Å²) in [6.07, 6.45) is 5.75. The molecule has 1 aliphatic carbocycles. The van der Waals surface area contributed by atoms with Gasteiger partial charge in [0.15, 0.2) is 11.3 Å². The smallest absolute Gasteiger partial charge is 0.209 e. The van der Waals surface area contributed by atoms with Crippen molar-refractivity contribution in [3.8, 4) is 17.3 Å². The zero-order valence-corrected chi connectivity index (χ0v) is 21.6. The summed E-state index contributed by atoms with van der Waals surface area (Å²) in [4.78, 5) is 9.11. The SMILES string of the molecule is CS(=O)(=O)NCc1ccc(-c2cccc(Nc3cc(N[C@@H]4CCCC[C@H]4O)nn4c(C#N)cnc34)n2)cc1. The fourth-order valence-corrected chi connectivity index (χ4v) is 4.92. The van der Waals surface area contributed by atoms with Gasteiger partial charge in [0, 0.05) is 18.2 Å². The fourth-order valence-electron chi connectivity index (χ4n) is 4.49. The number of aliphatic hydroxyl groups excluding tert-OH is 1. The Bertz CT molecular complexity index is 1600. The number of nitrogens with zero attached hydrogens (tertiary/aromatic N) is 5. The Morgan fingerprint density at radius 1 is 1.13 bits per heavy atom. The quantitative estimate of drug-likeness (QED) is 0.267. The van der Waals surface area contributed by atoms with Crippen LogP contribution in [-0.4, -0.2) is 51.5 Å². The predicted molar refractivity (Wildman–Crippen MR) is 144 cm³/mol. The molecule has 3 aromatic heterocycles. The van der Waals surface area contributed by atoms with Crippen LogP contribution in [0.5, 0.6) is 0 Å². The van der Waals surface area contributed by atoms with Crippen molar-refractivity contribution in [1.29, 1.82) is 5.26 Å². The molecule has 0 amide bonds. The largest absolute Gasteiger partial charge is 0.391 e. The number of rotatable bonds is 8. The lowest BCUT2D eigenvalue weighted by molar-refractivity contribution is 0.116. The number of aliphatic hydroxyl groups is 1. The molecular weight excluding hydrogens is 504 g/mol. The van der Waals surface area contributed by atoms with E-state index in [9.17, 15) is 18.8 Å². The molecule has 3 heterocycles. The molecule has 38 heavy (non-hydrogen) atoms. The highest BCUT2D eigenvalue weighted by molar-refractivity contribution is 7.88. The minimum absolute atomic E-state index is 0.118. The van der Waals surface area contributed by atoms with Crippen LogP contribution in [-0.2, 0) is 16.6 Å². The van der Waals surface area contributed by atoms with E-state index in [0.717, 1.165) is 48.8 Å². The van der Waals surface area contributed by atoms with Gasteiger partial charge >= 0.3 is 0 Å². The zero-order chi connectivity index (χ0) is 26.7. The molecule has 1 fully saturated rings. The van der Waals surface area contributed by atoms with Gasteiger partial charge in [-0.3, -0.25) is 0 Å². The summed E-state index contributed by atoms with van der Waals surface area (Å²) in [6.45, 7) is 0.218. The van der Waals surface area contributed by atoms with Crippen LogP contribution in [0.3, 0.4) is 0 Å². The Hall–Kier alpha value is -4.05. The Morgan fingerprint density at radius 3 is 2.66 bits per heavy atom. The number of imidazole rings is 1. The standard InChI is InChI=1S/C26H28N8O3S/c1-38(36,37)29-15-17-9-11-18(12-10-17)20-6-4-8-24(30-20)32-22-13-25(31-21-5-2-3-7-23(21)35)33-34-19(14-27)16-28-26(22)34/h4,6,8-13,16,21,23,29,35H,2-3,5,7,15H2,1H3,(H,30,32)(H,31,33)/t21-,23-/m1/s1. The van der Waals surface area contributed by atoms with Crippen molar-refractivity contribution in [2.24, 2.45) is 0 Å². The molecule has 196 valence electrons. The lowest BCUT2D eigenvalue weighted by atomic mass is 9.92. The van der Waals surface area contributed by atoms with Crippen molar-refractivity contribution in [2.75, 3.05) is 16.9 Å². The van der Waals surface area contributed by atoms with Gasteiger partial charge in [-0.05, 0) is 30.5 Å². The minimum Gasteiger partial charge on any atom is -0.391 e. The van der Waals surface area contributed by atoms with E-state index in [-0.39, 0.29) is 12.6 Å². The molecule has 0 aliphatic heterocycles. The third-order valence-electron chi connectivity index (χ3n) is 6.44. The van der Waals surface area contributed by atoms with Gasteiger partial charge < -0.3 is 15.7 Å². The first-order chi connectivity index (χ1) is 18.3. The van der Waals surface area contributed by atoms with Crippen LogP contribution >= 0.6 is 0 Å². The number of hydrogen-bond donors (Lipinski definition) is 4. The Balaban J connectivity index is 1.41. The van der Waals surface area contributed by atoms with E-state index in [1.807, 2.05) is 48.5 Å². The van der Waals surface area contributed by atoms with Crippen LogP contribution in [0.15, 0.2) is 54.7 Å². The van der Waals surface area contributed by atoms with Gasteiger partial charge in [-0.25, -0.2) is 23.1 Å². The molecule has 0 spiro atoms. The second-order valence-corrected chi connectivity index (χ2v) is 11.2. The van der Waals surface area contributed by atoms with Crippen molar-refractivity contribution in [3.63, 3.8) is 0 Å². The average Bonchev–Trinajstić information content (AvgIpc) is 3.32. The third kappa shape index (κ3) is 5.91. The maximum Gasteiger partial charge on any atom is 0.209 e. The summed E-state index contributed by atoms with van der Waals surface area (Å²) in [5.41, 5.74) is 3.82. The van der Waals surface area contributed by atoms with Crippen LogP contribution in [0, 0.1) is 11.3 Å². The van der Waals surface area contributed by atoms with E-state index in [4.69, 9.17) is 4.98 Å². The second kappa shape index (κ2) is 10.7. The molecule has 0 saturated heterocycles. The van der Waals surface area contributed by atoms with Gasteiger partial charge in [0.05, 0.1) is 36.0 Å². The van der Waals surface area contributed by atoms with Crippen molar-refractivity contribution in [2.45, 2.75) is 44.4 Å². The number of hydrogen-bond acceptors (Lipinski definition) is 9. The summed E-state index contributed by atoms with van der Waals surface area (Å²) >= 11 is 0. The number of pyridine rings is 1. The fraction of sp³-hybridized carbons (Fsp3) is 0.308. The maximum absolute atomic E-state index is 11.3. The lowest BCUT2D eigenvalue weighted by Crippen LogP contribution is -2.36. The molecule has 12 heteroatoms. The molecule has 5 rings (SSSR count). The van der Waals surface area contributed by atoms with Gasteiger partial charge in [-0.1, -0.05) is 43.2 Å². The van der Waals surface area contributed by atoms with E-state index >= 15 is 0 Å². The van der Waals surface area contributed by atoms with Crippen LogP contribution in [0.4, 0.5) is 17.3 Å². The summed E-state index contributed by atoms with van der Waals surface area (Å²) < 4.78 is 26.7. The van der Waals surface area contributed by atoms with Crippen LogP contribution in [0.2, 0.25) is 0 Å². The average molecular weight is 533 g/mol. The second-order valence-electron chi connectivity index (χ2n) is 9.36. The van der Waals surface area contributed by atoms with E-state index in [1.165, 1.54) is 10.7 Å². The van der Waals surface area contributed by atoms with E-state index < -0.39 is 16.1 Å². The molecule has 4 aromatic rings. The number of aromatic nitrogens is 4. The van der Waals surface area contributed by atoms with E-state index in [2.05, 4.69) is 31.5 Å². The highest BCUT2D eigenvalue weighted by atomic mass is 32.2. The van der Waals surface area contributed by atoms with Crippen molar-refractivity contribution >= 4 is 33.0 Å². The lowest BCUT2D eigenvalue weighted by Gasteiger charge is -2.28. The molecule has 0 radical (unpaired) electrons. The zero-order valence-electron chi connectivity index (χ0n) is 20.8. The highest BCUT2D eigenvalue weighted by Crippen LogP contribution is 2.28. The van der Waals surface area contributed by atoms with Gasteiger partial charge in [-0.2, -0.15) is 9.78 Å². The maximum atomic E-state index is 11.3. The first-order valence-corrected chi connectivity index (χ1v) is 14.2. The van der Waals surface area contributed by atoms with Crippen LogP contribution in [0.1, 0.15) is 36.9 Å². The number of nitriles is 1. The minimum atomic E-state index is -3.27. The molecule has 4 N–H and O–H groups in total. The number of fused-ring (bicyclic) bond motifs is 1. The first-order valence-electron chi connectivity index (χ1n) is 12.3. The normalized spacial score (nSPS) is 17.7. The monoisotopic (exact) mass is 532 g/mol.